The molecule has 0 aliphatic carbocycles. The molecule has 1 rings (SSSR count). The fourth-order valence-corrected chi connectivity index (χ4v) is 2.65. The van der Waals surface area contributed by atoms with E-state index in [1.165, 1.54) is 0 Å². The van der Waals surface area contributed by atoms with Gasteiger partial charge >= 0.3 is 0 Å². The fraction of sp³-hybridized carbons (Fsp3) is 0.857. The van der Waals surface area contributed by atoms with Gasteiger partial charge in [-0.15, -0.1) is 0 Å². The minimum absolute atomic E-state index is 0.0686. The summed E-state index contributed by atoms with van der Waals surface area (Å²) in [6.45, 7) is 10.1. The molecule has 0 aromatic rings. The van der Waals surface area contributed by atoms with Crippen LogP contribution < -0.4 is 5.73 Å². The van der Waals surface area contributed by atoms with Crippen molar-refractivity contribution in [1.29, 1.82) is 0 Å². The molecule has 0 radical (unpaired) electrons. The summed E-state index contributed by atoms with van der Waals surface area (Å²) < 4.78 is 0. The third-order valence-electron chi connectivity index (χ3n) is 4.08. The predicted molar refractivity (Wildman–Crippen MR) is 75.5 cm³/mol. The van der Waals surface area contributed by atoms with Gasteiger partial charge in [0.1, 0.15) is 0 Å². The number of carbonyl (C=O) groups is 2. The second-order valence-corrected chi connectivity index (χ2v) is 5.37. The summed E-state index contributed by atoms with van der Waals surface area (Å²) in [7, 11) is 0. The molecule has 5 heteroatoms. The molecule has 0 saturated carbocycles. The average Bonchev–Trinajstić information content (AvgIpc) is 2.77. The van der Waals surface area contributed by atoms with Crippen LogP contribution in [0.2, 0.25) is 0 Å². The van der Waals surface area contributed by atoms with Gasteiger partial charge in [-0.05, 0) is 39.4 Å². The van der Waals surface area contributed by atoms with Gasteiger partial charge in [0.2, 0.25) is 11.8 Å². The van der Waals surface area contributed by atoms with Crippen molar-refractivity contribution >= 4 is 11.8 Å². The summed E-state index contributed by atoms with van der Waals surface area (Å²) in [4.78, 5) is 27.2. The Morgan fingerprint density at radius 3 is 2.58 bits per heavy atom. The highest BCUT2D eigenvalue weighted by Crippen LogP contribution is 2.21. The zero-order chi connectivity index (χ0) is 14.4. The summed E-state index contributed by atoms with van der Waals surface area (Å²) in [5.41, 5.74) is 5.27. The first-order valence-electron chi connectivity index (χ1n) is 7.30. The maximum Gasteiger partial charge on any atom is 0.223 e. The van der Waals surface area contributed by atoms with Crippen molar-refractivity contribution in [3.8, 4) is 0 Å². The van der Waals surface area contributed by atoms with Crippen molar-refractivity contribution in [3.63, 3.8) is 0 Å². The van der Waals surface area contributed by atoms with Crippen molar-refractivity contribution in [2.75, 3.05) is 26.2 Å². The molecule has 1 aliphatic rings. The molecule has 2 atom stereocenters. The standard InChI is InChI=1S/C14H27N3O2/c1-4-16(5-2)8-6-7-11(3)17-10-12(14(15)19)9-13(17)18/h11-12H,4-10H2,1-3H3,(H2,15,19). The molecule has 1 aliphatic heterocycles. The van der Waals surface area contributed by atoms with Crippen LogP contribution in [0.5, 0.6) is 0 Å². The van der Waals surface area contributed by atoms with Crippen LogP contribution in [-0.2, 0) is 9.59 Å². The van der Waals surface area contributed by atoms with Gasteiger partial charge in [0, 0.05) is 19.0 Å². The number of carbonyl (C=O) groups excluding carboxylic acids is 2. The number of nitrogens with two attached hydrogens (primary N) is 1. The molecular formula is C14H27N3O2. The largest absolute Gasteiger partial charge is 0.369 e. The van der Waals surface area contributed by atoms with Crippen LogP contribution in [0.15, 0.2) is 0 Å². The lowest BCUT2D eigenvalue weighted by atomic mass is 10.1. The first-order valence-corrected chi connectivity index (χ1v) is 7.30. The summed E-state index contributed by atoms with van der Waals surface area (Å²) in [5.74, 6) is -0.580. The minimum atomic E-state index is -0.355. The molecule has 19 heavy (non-hydrogen) atoms. The van der Waals surface area contributed by atoms with Crippen LogP contribution in [0.3, 0.4) is 0 Å². The lowest BCUT2D eigenvalue weighted by molar-refractivity contribution is -0.130. The second-order valence-electron chi connectivity index (χ2n) is 5.37. The van der Waals surface area contributed by atoms with E-state index in [9.17, 15) is 9.59 Å². The van der Waals surface area contributed by atoms with Crippen LogP contribution in [0.25, 0.3) is 0 Å². The number of amides is 2. The Kier molecular flexibility index (Phi) is 6.28. The van der Waals surface area contributed by atoms with Crippen LogP contribution >= 0.6 is 0 Å². The Morgan fingerprint density at radius 2 is 2.11 bits per heavy atom. The molecule has 0 bridgehead atoms. The Morgan fingerprint density at radius 1 is 1.47 bits per heavy atom. The lowest BCUT2D eigenvalue weighted by Crippen LogP contribution is -2.36. The number of hydrogen-bond acceptors (Lipinski definition) is 3. The molecular weight excluding hydrogens is 242 g/mol. The van der Waals surface area contributed by atoms with Crippen LogP contribution in [-0.4, -0.2) is 53.8 Å². The Labute approximate surface area is 116 Å². The first kappa shape index (κ1) is 16.0. The zero-order valence-corrected chi connectivity index (χ0v) is 12.4. The van der Waals surface area contributed by atoms with Crippen molar-refractivity contribution in [3.05, 3.63) is 0 Å². The highest BCUT2D eigenvalue weighted by Gasteiger charge is 2.35. The molecule has 1 heterocycles. The van der Waals surface area contributed by atoms with E-state index in [1.54, 1.807) is 0 Å². The monoisotopic (exact) mass is 269 g/mol. The maximum absolute atomic E-state index is 11.8. The van der Waals surface area contributed by atoms with Gasteiger partial charge in [-0.1, -0.05) is 13.8 Å². The highest BCUT2D eigenvalue weighted by molar-refractivity contribution is 5.88. The molecule has 2 amide bonds. The number of primary amides is 1. The van der Waals surface area contributed by atoms with E-state index in [2.05, 4.69) is 25.7 Å². The number of rotatable bonds is 8. The Balaban J connectivity index is 2.35. The van der Waals surface area contributed by atoms with E-state index in [1.807, 2.05) is 4.90 Å². The second kappa shape index (κ2) is 7.48. The van der Waals surface area contributed by atoms with E-state index in [0.717, 1.165) is 32.5 Å². The molecule has 0 aromatic heterocycles. The van der Waals surface area contributed by atoms with Crippen LogP contribution in [0, 0.1) is 5.92 Å². The summed E-state index contributed by atoms with van der Waals surface area (Å²) in [6.07, 6.45) is 2.34. The van der Waals surface area contributed by atoms with Gasteiger partial charge in [0.05, 0.1) is 5.92 Å². The van der Waals surface area contributed by atoms with E-state index >= 15 is 0 Å². The number of hydrogen-bond donors (Lipinski definition) is 1. The van der Waals surface area contributed by atoms with Crippen LogP contribution in [0.1, 0.15) is 40.0 Å². The lowest BCUT2D eigenvalue weighted by Gasteiger charge is -2.26. The van der Waals surface area contributed by atoms with E-state index in [4.69, 9.17) is 5.73 Å². The topological polar surface area (TPSA) is 66.6 Å². The molecule has 110 valence electrons. The number of nitrogens with zero attached hydrogens (tertiary/aromatic N) is 2. The fourth-order valence-electron chi connectivity index (χ4n) is 2.65. The van der Waals surface area contributed by atoms with E-state index in [-0.39, 0.29) is 30.2 Å². The van der Waals surface area contributed by atoms with Crippen molar-refractivity contribution < 1.29 is 9.59 Å². The van der Waals surface area contributed by atoms with Gasteiger partial charge in [0.15, 0.2) is 0 Å². The van der Waals surface area contributed by atoms with Crippen molar-refractivity contribution in [1.82, 2.24) is 9.80 Å². The maximum atomic E-state index is 11.8. The van der Waals surface area contributed by atoms with Gasteiger partial charge in [0.25, 0.3) is 0 Å². The summed E-state index contributed by atoms with van der Waals surface area (Å²) in [5, 5.41) is 0. The molecule has 0 aromatic carbocycles. The third-order valence-corrected chi connectivity index (χ3v) is 4.08. The first-order chi connectivity index (χ1) is 8.99. The molecule has 1 saturated heterocycles. The quantitative estimate of drug-likeness (QED) is 0.710. The van der Waals surface area contributed by atoms with E-state index in [0.29, 0.717) is 6.54 Å². The molecule has 1 fully saturated rings. The van der Waals surface area contributed by atoms with Gasteiger partial charge < -0.3 is 15.5 Å². The highest BCUT2D eigenvalue weighted by atomic mass is 16.2. The molecule has 5 nitrogen and oxygen atoms in total. The molecule has 2 unspecified atom stereocenters. The third kappa shape index (κ3) is 4.49. The van der Waals surface area contributed by atoms with Crippen LogP contribution in [0.4, 0.5) is 0 Å². The van der Waals surface area contributed by atoms with Gasteiger partial charge in [-0.25, -0.2) is 0 Å². The van der Waals surface area contributed by atoms with E-state index < -0.39 is 0 Å². The average molecular weight is 269 g/mol. The smallest absolute Gasteiger partial charge is 0.223 e. The molecule has 2 N–H and O–H groups in total. The zero-order valence-electron chi connectivity index (χ0n) is 12.4. The predicted octanol–water partition coefficient (Wildman–Crippen LogP) is 0.831. The van der Waals surface area contributed by atoms with Crippen molar-refractivity contribution in [2.45, 2.75) is 46.1 Å². The van der Waals surface area contributed by atoms with Gasteiger partial charge in [-0.3, -0.25) is 9.59 Å². The molecule has 0 spiro atoms. The summed E-state index contributed by atoms with van der Waals surface area (Å²) in [6, 6.07) is 0.201. The van der Waals surface area contributed by atoms with Crippen molar-refractivity contribution in [2.24, 2.45) is 11.7 Å². The van der Waals surface area contributed by atoms with Gasteiger partial charge in [-0.2, -0.15) is 0 Å². The summed E-state index contributed by atoms with van der Waals surface area (Å²) >= 11 is 0. The SMILES string of the molecule is CCN(CC)CCCC(C)N1CC(C(N)=O)CC1=O. The normalized spacial score (nSPS) is 21.2. The number of likely N-dealkylation sites (tertiary alicyclic amines) is 1. The Hall–Kier alpha value is -1.10. The minimum Gasteiger partial charge on any atom is -0.369 e. The Bertz CT molecular complexity index is 316.